The Morgan fingerprint density at radius 2 is 2.11 bits per heavy atom. The van der Waals surface area contributed by atoms with Gasteiger partial charge in [0.1, 0.15) is 0 Å². The first kappa shape index (κ1) is 11.6. The Hall–Kier alpha value is -1.47. The largest absolute Gasteiger partial charge is 0.374 e. The number of aromatic nitrogens is 2. The van der Waals surface area contributed by atoms with Gasteiger partial charge in [0.2, 0.25) is 10.3 Å². The van der Waals surface area contributed by atoms with Crippen molar-refractivity contribution >= 4 is 38.8 Å². The second-order valence-corrected chi connectivity index (χ2v) is 6.31. The highest BCUT2D eigenvalue weighted by Gasteiger charge is 2.18. The zero-order chi connectivity index (χ0) is 12.5. The van der Waals surface area contributed by atoms with Crippen molar-refractivity contribution in [3.63, 3.8) is 0 Å². The molecule has 0 atom stereocenters. The molecule has 0 bridgehead atoms. The van der Waals surface area contributed by atoms with Gasteiger partial charge in [-0.1, -0.05) is 11.3 Å². The molecule has 18 heavy (non-hydrogen) atoms. The lowest BCUT2D eigenvalue weighted by Gasteiger charge is -2.08. The van der Waals surface area contributed by atoms with Crippen molar-refractivity contribution in [1.29, 1.82) is 0 Å². The molecule has 1 aliphatic carbocycles. The van der Waals surface area contributed by atoms with Gasteiger partial charge in [0, 0.05) is 4.88 Å². The van der Waals surface area contributed by atoms with Crippen molar-refractivity contribution < 1.29 is 4.79 Å². The second kappa shape index (κ2) is 4.66. The van der Waals surface area contributed by atoms with E-state index in [4.69, 9.17) is 5.73 Å². The van der Waals surface area contributed by atoms with Gasteiger partial charge in [0.05, 0.1) is 4.88 Å². The van der Waals surface area contributed by atoms with Crippen molar-refractivity contribution in [3.05, 3.63) is 21.4 Å². The molecule has 3 N–H and O–H groups in total. The number of amides is 1. The molecule has 0 radical (unpaired) electrons. The van der Waals surface area contributed by atoms with Crippen molar-refractivity contribution in [3.8, 4) is 0 Å². The summed E-state index contributed by atoms with van der Waals surface area (Å²) in [5.74, 6) is -0.120. The number of nitrogens with two attached hydrogens (primary N) is 1. The van der Waals surface area contributed by atoms with Crippen LogP contribution in [-0.4, -0.2) is 16.1 Å². The van der Waals surface area contributed by atoms with Crippen molar-refractivity contribution in [1.82, 2.24) is 10.2 Å². The fraction of sp³-hybridized carbons (Fsp3) is 0.364. The third kappa shape index (κ3) is 2.23. The number of thiophene rings is 1. The van der Waals surface area contributed by atoms with E-state index >= 15 is 0 Å². The van der Waals surface area contributed by atoms with Crippen molar-refractivity contribution in [2.24, 2.45) is 0 Å². The molecular weight excluding hydrogens is 268 g/mol. The minimum absolute atomic E-state index is 0.120. The molecule has 0 fully saturated rings. The number of carbonyl (C=O) groups is 1. The number of nitrogen functional groups attached to an aromatic ring is 1. The molecule has 3 rings (SSSR count). The van der Waals surface area contributed by atoms with Crippen LogP contribution in [0.5, 0.6) is 0 Å². The summed E-state index contributed by atoms with van der Waals surface area (Å²) in [6.07, 6.45) is 4.63. The van der Waals surface area contributed by atoms with Gasteiger partial charge in [-0.05, 0) is 37.3 Å². The Kier molecular flexibility index (Phi) is 3.00. The zero-order valence-corrected chi connectivity index (χ0v) is 11.2. The quantitative estimate of drug-likeness (QED) is 0.884. The van der Waals surface area contributed by atoms with Crippen LogP contribution in [0.2, 0.25) is 0 Å². The van der Waals surface area contributed by atoms with E-state index in [1.807, 2.05) is 6.07 Å². The minimum Gasteiger partial charge on any atom is -0.374 e. The van der Waals surface area contributed by atoms with E-state index in [2.05, 4.69) is 15.5 Å². The van der Waals surface area contributed by atoms with E-state index in [-0.39, 0.29) is 5.91 Å². The predicted octanol–water partition coefficient (Wildman–Crippen LogP) is 2.31. The van der Waals surface area contributed by atoms with E-state index < -0.39 is 0 Å². The molecule has 5 nitrogen and oxygen atoms in total. The zero-order valence-electron chi connectivity index (χ0n) is 9.60. The Bertz CT molecular complexity index is 566. The van der Waals surface area contributed by atoms with Crippen LogP contribution < -0.4 is 11.1 Å². The maximum atomic E-state index is 12.0. The molecule has 0 saturated heterocycles. The van der Waals surface area contributed by atoms with Crippen LogP contribution in [0.15, 0.2) is 6.07 Å². The fourth-order valence-electron chi connectivity index (χ4n) is 2.05. The third-order valence-electron chi connectivity index (χ3n) is 2.88. The molecule has 1 amide bonds. The minimum atomic E-state index is -0.120. The SMILES string of the molecule is Nc1nnc(NC(=O)c2cc3c(s2)CCCC3)s1. The molecular formula is C11H12N4OS2. The summed E-state index contributed by atoms with van der Waals surface area (Å²) in [5, 5.41) is 11.0. The van der Waals surface area contributed by atoms with Crippen LogP contribution in [-0.2, 0) is 12.8 Å². The van der Waals surface area contributed by atoms with Gasteiger partial charge in [-0.3, -0.25) is 10.1 Å². The number of hydrogen-bond acceptors (Lipinski definition) is 6. The smallest absolute Gasteiger partial charge is 0.267 e. The van der Waals surface area contributed by atoms with E-state index in [0.717, 1.165) is 17.7 Å². The van der Waals surface area contributed by atoms with Crippen LogP contribution in [0.4, 0.5) is 10.3 Å². The molecule has 2 aromatic heterocycles. The Morgan fingerprint density at radius 1 is 1.28 bits per heavy atom. The topological polar surface area (TPSA) is 80.9 Å². The Morgan fingerprint density at radius 3 is 2.83 bits per heavy atom. The van der Waals surface area contributed by atoms with Gasteiger partial charge in [0.15, 0.2) is 0 Å². The number of rotatable bonds is 2. The molecule has 0 saturated carbocycles. The van der Waals surface area contributed by atoms with Gasteiger partial charge in [0.25, 0.3) is 5.91 Å². The highest BCUT2D eigenvalue weighted by Crippen LogP contribution is 2.30. The van der Waals surface area contributed by atoms with E-state index in [9.17, 15) is 4.79 Å². The third-order valence-corrected chi connectivity index (χ3v) is 4.79. The summed E-state index contributed by atoms with van der Waals surface area (Å²) in [6.45, 7) is 0. The molecule has 1 aliphatic rings. The average Bonchev–Trinajstić information content (AvgIpc) is 2.95. The van der Waals surface area contributed by atoms with E-state index in [1.165, 1.54) is 34.6 Å². The summed E-state index contributed by atoms with van der Waals surface area (Å²) in [7, 11) is 0. The van der Waals surface area contributed by atoms with E-state index in [0.29, 0.717) is 10.3 Å². The van der Waals surface area contributed by atoms with Crippen LogP contribution in [0, 0.1) is 0 Å². The summed E-state index contributed by atoms with van der Waals surface area (Å²) in [5.41, 5.74) is 6.80. The Balaban J connectivity index is 1.78. The summed E-state index contributed by atoms with van der Waals surface area (Å²) in [6, 6.07) is 2.00. The highest BCUT2D eigenvalue weighted by molar-refractivity contribution is 7.19. The molecule has 94 valence electrons. The summed E-state index contributed by atoms with van der Waals surface area (Å²) in [4.78, 5) is 14.1. The highest BCUT2D eigenvalue weighted by atomic mass is 32.1. The molecule has 0 unspecified atom stereocenters. The van der Waals surface area contributed by atoms with Crippen LogP contribution in [0.25, 0.3) is 0 Å². The number of aryl methyl sites for hydroxylation is 2. The maximum Gasteiger partial charge on any atom is 0.267 e. The normalized spacial score (nSPS) is 14.2. The number of nitrogens with one attached hydrogen (secondary N) is 1. The standard InChI is InChI=1S/C11H12N4OS2/c12-10-14-15-11(18-10)13-9(16)8-5-6-3-1-2-4-7(6)17-8/h5H,1-4H2,(H2,12,14)(H,13,15,16). The monoisotopic (exact) mass is 280 g/mol. The lowest BCUT2D eigenvalue weighted by Crippen LogP contribution is -2.09. The molecule has 0 spiro atoms. The lowest BCUT2D eigenvalue weighted by molar-refractivity contribution is 0.103. The first-order valence-electron chi connectivity index (χ1n) is 5.74. The summed E-state index contributed by atoms with van der Waals surface area (Å²) < 4.78 is 0. The molecule has 7 heteroatoms. The number of nitrogens with zero attached hydrogens (tertiary/aromatic N) is 2. The first-order chi connectivity index (χ1) is 8.72. The molecule has 0 aliphatic heterocycles. The lowest BCUT2D eigenvalue weighted by atomic mass is 9.99. The average molecular weight is 280 g/mol. The number of carbonyl (C=O) groups excluding carboxylic acids is 1. The first-order valence-corrected chi connectivity index (χ1v) is 7.37. The number of anilines is 2. The van der Waals surface area contributed by atoms with Crippen LogP contribution >= 0.6 is 22.7 Å². The summed E-state index contributed by atoms with van der Waals surface area (Å²) >= 11 is 2.76. The number of hydrogen-bond donors (Lipinski definition) is 2. The Labute approximate surface area is 112 Å². The van der Waals surface area contributed by atoms with Crippen LogP contribution in [0.3, 0.4) is 0 Å². The van der Waals surface area contributed by atoms with Gasteiger partial charge >= 0.3 is 0 Å². The van der Waals surface area contributed by atoms with Gasteiger partial charge in [-0.15, -0.1) is 21.5 Å². The number of fused-ring (bicyclic) bond motifs is 1. The molecule has 2 heterocycles. The maximum absolute atomic E-state index is 12.0. The van der Waals surface area contributed by atoms with E-state index in [1.54, 1.807) is 11.3 Å². The van der Waals surface area contributed by atoms with Gasteiger partial charge in [-0.2, -0.15) is 0 Å². The second-order valence-electron chi connectivity index (χ2n) is 4.17. The van der Waals surface area contributed by atoms with Crippen LogP contribution in [0.1, 0.15) is 33.0 Å². The van der Waals surface area contributed by atoms with Gasteiger partial charge in [-0.25, -0.2) is 0 Å². The van der Waals surface area contributed by atoms with Crippen molar-refractivity contribution in [2.75, 3.05) is 11.1 Å². The molecule has 0 aromatic carbocycles. The van der Waals surface area contributed by atoms with Gasteiger partial charge < -0.3 is 5.73 Å². The predicted molar refractivity (Wildman–Crippen MR) is 73.2 cm³/mol. The fourth-order valence-corrected chi connectivity index (χ4v) is 3.70. The van der Waals surface area contributed by atoms with Crippen molar-refractivity contribution in [2.45, 2.75) is 25.7 Å². The molecule has 2 aromatic rings.